The predicted octanol–water partition coefficient (Wildman–Crippen LogP) is 1.88. The van der Waals surface area contributed by atoms with Crippen molar-refractivity contribution in [2.75, 3.05) is 11.9 Å². The summed E-state index contributed by atoms with van der Waals surface area (Å²) in [4.78, 5) is 1.28. The molecule has 6 heteroatoms. The van der Waals surface area contributed by atoms with E-state index in [-0.39, 0.29) is 11.5 Å². The predicted molar refractivity (Wildman–Crippen MR) is 64.7 cm³/mol. The van der Waals surface area contributed by atoms with Crippen molar-refractivity contribution in [1.29, 1.82) is 5.26 Å². The Morgan fingerprint density at radius 2 is 2.11 bits per heavy atom. The zero-order chi connectivity index (χ0) is 13.0. The quantitative estimate of drug-likeness (QED) is 0.832. The Balaban J connectivity index is 2.34. The SMILES string of the molecule is C=CCNc1nn(-c2ccc(F)cc2)nc1C#N. The molecule has 1 N–H and O–H groups in total. The number of halogens is 1. The molecule has 0 unspecified atom stereocenters. The third-order valence-electron chi connectivity index (χ3n) is 2.19. The summed E-state index contributed by atoms with van der Waals surface area (Å²) in [6.45, 7) is 4.05. The van der Waals surface area contributed by atoms with Crippen molar-refractivity contribution in [3.05, 3.63) is 48.4 Å². The largest absolute Gasteiger partial charge is 0.363 e. The highest BCUT2D eigenvalue weighted by Crippen LogP contribution is 2.12. The molecule has 0 saturated carbocycles. The molecule has 0 radical (unpaired) electrons. The van der Waals surface area contributed by atoms with E-state index in [1.54, 1.807) is 6.08 Å². The first-order valence-electron chi connectivity index (χ1n) is 5.22. The minimum Gasteiger partial charge on any atom is -0.363 e. The fourth-order valence-corrected chi connectivity index (χ4v) is 1.36. The van der Waals surface area contributed by atoms with E-state index in [9.17, 15) is 4.39 Å². The number of rotatable bonds is 4. The second kappa shape index (κ2) is 5.10. The van der Waals surface area contributed by atoms with Gasteiger partial charge < -0.3 is 5.32 Å². The van der Waals surface area contributed by atoms with Crippen molar-refractivity contribution >= 4 is 5.82 Å². The fraction of sp³-hybridized carbons (Fsp3) is 0.0833. The summed E-state index contributed by atoms with van der Waals surface area (Å²) in [5.41, 5.74) is 0.765. The van der Waals surface area contributed by atoms with Gasteiger partial charge in [-0.15, -0.1) is 21.6 Å². The van der Waals surface area contributed by atoms with Crippen LogP contribution >= 0.6 is 0 Å². The van der Waals surface area contributed by atoms with Crippen molar-refractivity contribution < 1.29 is 4.39 Å². The number of aromatic nitrogens is 3. The molecule has 0 amide bonds. The minimum atomic E-state index is -0.337. The Hall–Kier alpha value is -2.68. The summed E-state index contributed by atoms with van der Waals surface area (Å²) in [6.07, 6.45) is 1.65. The van der Waals surface area contributed by atoms with Crippen LogP contribution in [0.4, 0.5) is 10.2 Å². The molecule has 2 aromatic rings. The zero-order valence-electron chi connectivity index (χ0n) is 9.47. The van der Waals surface area contributed by atoms with Gasteiger partial charge in [-0.2, -0.15) is 5.26 Å². The van der Waals surface area contributed by atoms with Crippen molar-refractivity contribution in [2.45, 2.75) is 0 Å². The Morgan fingerprint density at radius 3 is 2.72 bits per heavy atom. The standard InChI is InChI=1S/C12H10FN5/c1-2-7-15-12-11(8-14)16-18(17-12)10-5-3-9(13)4-6-10/h2-6H,1,7H2,(H,15,17). The zero-order valence-corrected chi connectivity index (χ0v) is 9.47. The van der Waals surface area contributed by atoms with Crippen LogP contribution < -0.4 is 5.32 Å². The molecule has 90 valence electrons. The number of anilines is 1. The van der Waals surface area contributed by atoms with Gasteiger partial charge in [0.25, 0.3) is 0 Å². The minimum absolute atomic E-state index is 0.182. The highest BCUT2D eigenvalue weighted by atomic mass is 19.1. The number of nitrogens with one attached hydrogen (secondary N) is 1. The second-order valence-electron chi connectivity index (χ2n) is 3.44. The Kier molecular flexibility index (Phi) is 3.34. The highest BCUT2D eigenvalue weighted by molar-refractivity contribution is 5.48. The maximum Gasteiger partial charge on any atom is 0.207 e. The summed E-state index contributed by atoms with van der Waals surface area (Å²) in [6, 6.07) is 7.63. The van der Waals surface area contributed by atoms with Crippen LogP contribution in [-0.2, 0) is 0 Å². The van der Waals surface area contributed by atoms with Crippen molar-refractivity contribution in [1.82, 2.24) is 15.0 Å². The van der Waals surface area contributed by atoms with E-state index in [0.29, 0.717) is 18.1 Å². The molecular weight excluding hydrogens is 233 g/mol. The molecule has 1 aromatic carbocycles. The molecule has 1 heterocycles. The average Bonchev–Trinajstić information content (AvgIpc) is 2.80. The number of nitrogens with zero attached hydrogens (tertiary/aromatic N) is 4. The molecule has 0 aliphatic carbocycles. The summed E-state index contributed by atoms with van der Waals surface area (Å²) < 4.78 is 12.8. The molecular formula is C12H10FN5. The summed E-state index contributed by atoms with van der Waals surface area (Å²) in [5.74, 6) is 0.0399. The second-order valence-corrected chi connectivity index (χ2v) is 3.44. The molecule has 0 aliphatic heterocycles. The van der Waals surface area contributed by atoms with E-state index in [1.807, 2.05) is 6.07 Å². The molecule has 5 nitrogen and oxygen atoms in total. The van der Waals surface area contributed by atoms with E-state index in [4.69, 9.17) is 5.26 Å². The van der Waals surface area contributed by atoms with Crippen LogP contribution in [0.3, 0.4) is 0 Å². The molecule has 1 aromatic heterocycles. The van der Waals surface area contributed by atoms with Gasteiger partial charge in [0.1, 0.15) is 11.9 Å². The monoisotopic (exact) mass is 243 g/mol. The first kappa shape index (κ1) is 11.8. The first-order valence-corrected chi connectivity index (χ1v) is 5.22. The van der Waals surface area contributed by atoms with Gasteiger partial charge in [0.15, 0.2) is 5.82 Å². The van der Waals surface area contributed by atoms with Gasteiger partial charge in [0.2, 0.25) is 5.69 Å². The smallest absolute Gasteiger partial charge is 0.207 e. The lowest BCUT2D eigenvalue weighted by Crippen LogP contribution is -2.01. The molecule has 0 atom stereocenters. The van der Waals surface area contributed by atoms with Crippen LogP contribution in [0.25, 0.3) is 5.69 Å². The third-order valence-corrected chi connectivity index (χ3v) is 2.19. The fourth-order valence-electron chi connectivity index (χ4n) is 1.36. The maximum absolute atomic E-state index is 12.8. The van der Waals surface area contributed by atoms with Crippen LogP contribution in [0.15, 0.2) is 36.9 Å². The molecule has 0 bridgehead atoms. The van der Waals surface area contributed by atoms with Crippen molar-refractivity contribution in [3.8, 4) is 11.8 Å². The third kappa shape index (κ3) is 2.35. The van der Waals surface area contributed by atoms with Gasteiger partial charge in [0.05, 0.1) is 5.69 Å². The van der Waals surface area contributed by atoms with Crippen molar-refractivity contribution in [3.63, 3.8) is 0 Å². The van der Waals surface area contributed by atoms with E-state index in [1.165, 1.54) is 29.1 Å². The number of hydrogen-bond donors (Lipinski definition) is 1. The van der Waals surface area contributed by atoms with E-state index >= 15 is 0 Å². The van der Waals surface area contributed by atoms with Crippen LogP contribution in [0.1, 0.15) is 5.69 Å². The van der Waals surface area contributed by atoms with Crippen LogP contribution in [-0.4, -0.2) is 21.5 Å². The lowest BCUT2D eigenvalue weighted by molar-refractivity contribution is 0.626. The number of hydrogen-bond acceptors (Lipinski definition) is 4. The first-order chi connectivity index (χ1) is 8.74. The Bertz CT molecular complexity index is 594. The Morgan fingerprint density at radius 1 is 1.39 bits per heavy atom. The normalized spacial score (nSPS) is 9.78. The summed E-state index contributed by atoms with van der Waals surface area (Å²) in [7, 11) is 0. The molecule has 0 saturated heterocycles. The number of benzene rings is 1. The average molecular weight is 243 g/mol. The van der Waals surface area contributed by atoms with Crippen LogP contribution in [0.2, 0.25) is 0 Å². The molecule has 0 fully saturated rings. The van der Waals surface area contributed by atoms with Gasteiger partial charge >= 0.3 is 0 Å². The lowest BCUT2D eigenvalue weighted by Gasteiger charge is -1.98. The van der Waals surface area contributed by atoms with Crippen molar-refractivity contribution in [2.24, 2.45) is 0 Å². The summed E-state index contributed by atoms with van der Waals surface area (Å²) in [5, 5.41) is 20.0. The van der Waals surface area contributed by atoms with Gasteiger partial charge in [-0.25, -0.2) is 4.39 Å². The molecule has 18 heavy (non-hydrogen) atoms. The molecule has 2 rings (SSSR count). The lowest BCUT2D eigenvalue weighted by atomic mass is 10.3. The Labute approximate surface area is 103 Å². The molecule has 0 aliphatic rings. The van der Waals surface area contributed by atoms with Crippen LogP contribution in [0, 0.1) is 17.1 Å². The van der Waals surface area contributed by atoms with E-state index in [0.717, 1.165) is 0 Å². The van der Waals surface area contributed by atoms with E-state index < -0.39 is 0 Å². The number of nitriles is 1. The van der Waals surface area contributed by atoms with E-state index in [2.05, 4.69) is 22.1 Å². The summed E-state index contributed by atoms with van der Waals surface area (Å²) >= 11 is 0. The van der Waals surface area contributed by atoms with Gasteiger partial charge in [-0.05, 0) is 24.3 Å². The van der Waals surface area contributed by atoms with Gasteiger partial charge in [0, 0.05) is 6.54 Å². The highest BCUT2D eigenvalue weighted by Gasteiger charge is 2.10. The van der Waals surface area contributed by atoms with Gasteiger partial charge in [-0.1, -0.05) is 6.08 Å². The van der Waals surface area contributed by atoms with Gasteiger partial charge in [-0.3, -0.25) is 0 Å². The molecule has 0 spiro atoms. The maximum atomic E-state index is 12.8. The van der Waals surface area contributed by atoms with Crippen LogP contribution in [0.5, 0.6) is 0 Å². The topological polar surface area (TPSA) is 66.5 Å².